The van der Waals surface area contributed by atoms with Crippen LogP contribution in [-0.2, 0) is 6.42 Å². The van der Waals surface area contributed by atoms with Gasteiger partial charge >= 0.3 is 0 Å². The molecule has 0 amide bonds. The van der Waals surface area contributed by atoms with Crippen LogP contribution < -0.4 is 10.1 Å². The molecular weight excluding hydrogens is 242 g/mol. The third-order valence-electron chi connectivity index (χ3n) is 2.99. The number of ether oxygens (including phenoxy) is 1. The topological polar surface area (TPSA) is 21.3 Å². The van der Waals surface area contributed by atoms with Gasteiger partial charge < -0.3 is 10.1 Å². The van der Waals surface area contributed by atoms with E-state index in [1.165, 1.54) is 16.3 Å². The summed E-state index contributed by atoms with van der Waals surface area (Å²) in [5.74, 6) is 1.79. The predicted octanol–water partition coefficient (Wildman–Crippen LogP) is 2.91. The van der Waals surface area contributed by atoms with Crippen LogP contribution in [0.25, 0.3) is 10.8 Å². The molecule has 0 aliphatic rings. The summed E-state index contributed by atoms with van der Waals surface area (Å²) in [5.41, 5.74) is 1.36. The van der Waals surface area contributed by atoms with Gasteiger partial charge in [0.05, 0.1) is 7.11 Å². The average Bonchev–Trinajstić information content (AvgIpc) is 2.43. The van der Waals surface area contributed by atoms with Gasteiger partial charge in [-0.3, -0.25) is 0 Å². The summed E-state index contributed by atoms with van der Waals surface area (Å²) in [5, 5.41) is 5.84. The molecule has 0 spiro atoms. The van der Waals surface area contributed by atoms with Crippen molar-refractivity contribution in [2.45, 2.75) is 6.42 Å². The van der Waals surface area contributed by atoms with E-state index in [4.69, 9.17) is 4.74 Å². The van der Waals surface area contributed by atoms with E-state index in [9.17, 15) is 0 Å². The first kappa shape index (κ1) is 13.2. The minimum atomic E-state index is 0.886. The summed E-state index contributed by atoms with van der Waals surface area (Å²) in [6, 6.07) is 12.8. The summed E-state index contributed by atoms with van der Waals surface area (Å²) < 4.78 is 5.23. The number of nitrogens with one attached hydrogen (secondary N) is 1. The Labute approximate surface area is 114 Å². The summed E-state index contributed by atoms with van der Waals surface area (Å²) >= 11 is 4.17. The van der Waals surface area contributed by atoms with E-state index >= 15 is 0 Å². The second kappa shape index (κ2) is 6.66. The maximum Gasteiger partial charge on any atom is 0.119 e. The van der Waals surface area contributed by atoms with Gasteiger partial charge in [-0.15, -0.1) is 0 Å². The van der Waals surface area contributed by atoms with Gasteiger partial charge in [-0.1, -0.05) is 24.3 Å². The number of benzene rings is 2. The third kappa shape index (κ3) is 3.40. The quantitative estimate of drug-likeness (QED) is 0.616. The molecule has 1 N–H and O–H groups in total. The molecule has 2 nitrogen and oxygen atoms in total. The lowest BCUT2D eigenvalue weighted by atomic mass is 10.0. The molecule has 0 aliphatic carbocycles. The van der Waals surface area contributed by atoms with Crippen molar-refractivity contribution in [2.24, 2.45) is 0 Å². The largest absolute Gasteiger partial charge is 0.497 e. The van der Waals surface area contributed by atoms with Crippen molar-refractivity contribution >= 4 is 23.4 Å². The minimum Gasteiger partial charge on any atom is -0.497 e. The van der Waals surface area contributed by atoms with Gasteiger partial charge in [0.25, 0.3) is 0 Å². The normalized spacial score (nSPS) is 10.8. The third-order valence-corrected chi connectivity index (χ3v) is 3.21. The highest BCUT2D eigenvalue weighted by atomic mass is 32.1. The molecule has 18 heavy (non-hydrogen) atoms. The first-order valence-electron chi connectivity index (χ1n) is 6.22. The first-order chi connectivity index (χ1) is 8.83. The van der Waals surface area contributed by atoms with Crippen molar-refractivity contribution in [3.8, 4) is 5.75 Å². The standard InChI is InChI=1S/C15H19NOS/c1-17-15-5-4-13-10-12(2-3-14(13)11-15)6-7-16-8-9-18/h2-5,10-11,16,18H,6-9H2,1H3. The summed E-state index contributed by atoms with van der Waals surface area (Å²) in [7, 11) is 1.70. The van der Waals surface area contributed by atoms with E-state index in [0.29, 0.717) is 0 Å². The van der Waals surface area contributed by atoms with Crippen LogP contribution in [0, 0.1) is 0 Å². The predicted molar refractivity (Wildman–Crippen MR) is 80.9 cm³/mol. The van der Waals surface area contributed by atoms with Crippen LogP contribution in [0.5, 0.6) is 5.75 Å². The molecule has 0 bridgehead atoms. The molecular formula is C15H19NOS. The molecule has 2 rings (SSSR count). The Balaban J connectivity index is 2.08. The Bertz CT molecular complexity index is 513. The maximum absolute atomic E-state index is 5.23. The number of methoxy groups -OCH3 is 1. The van der Waals surface area contributed by atoms with Gasteiger partial charge in [0, 0.05) is 12.3 Å². The molecule has 0 aliphatic heterocycles. The highest BCUT2D eigenvalue weighted by molar-refractivity contribution is 7.80. The molecule has 0 saturated heterocycles. The van der Waals surface area contributed by atoms with Crippen molar-refractivity contribution < 1.29 is 4.74 Å². The second-order valence-corrected chi connectivity index (χ2v) is 4.72. The van der Waals surface area contributed by atoms with E-state index in [-0.39, 0.29) is 0 Å². The zero-order chi connectivity index (χ0) is 12.8. The monoisotopic (exact) mass is 261 g/mol. The van der Waals surface area contributed by atoms with Crippen LogP contribution in [0.1, 0.15) is 5.56 Å². The lowest BCUT2D eigenvalue weighted by molar-refractivity contribution is 0.415. The van der Waals surface area contributed by atoms with Gasteiger partial charge in [-0.05, 0) is 41.4 Å². The lowest BCUT2D eigenvalue weighted by Crippen LogP contribution is -2.19. The zero-order valence-electron chi connectivity index (χ0n) is 10.6. The highest BCUT2D eigenvalue weighted by Crippen LogP contribution is 2.21. The fraction of sp³-hybridized carbons (Fsp3) is 0.333. The smallest absolute Gasteiger partial charge is 0.119 e. The summed E-state index contributed by atoms with van der Waals surface area (Å²) in [6.45, 7) is 1.97. The fourth-order valence-electron chi connectivity index (χ4n) is 1.99. The number of fused-ring (bicyclic) bond motifs is 1. The van der Waals surface area contributed by atoms with Crippen LogP contribution in [0.15, 0.2) is 36.4 Å². The van der Waals surface area contributed by atoms with Crippen molar-refractivity contribution in [1.29, 1.82) is 0 Å². The number of rotatable bonds is 6. The fourth-order valence-corrected chi connectivity index (χ4v) is 2.15. The number of thiol groups is 1. The van der Waals surface area contributed by atoms with Crippen LogP contribution >= 0.6 is 12.6 Å². The number of hydrogen-bond acceptors (Lipinski definition) is 3. The van der Waals surface area contributed by atoms with Crippen molar-refractivity contribution in [3.05, 3.63) is 42.0 Å². The van der Waals surface area contributed by atoms with E-state index in [2.05, 4.69) is 48.3 Å². The molecule has 0 saturated carbocycles. The summed E-state index contributed by atoms with van der Waals surface area (Å²) in [6.07, 6.45) is 1.05. The Morgan fingerprint density at radius 2 is 1.83 bits per heavy atom. The van der Waals surface area contributed by atoms with E-state index in [1.54, 1.807) is 7.11 Å². The minimum absolute atomic E-state index is 0.886. The highest BCUT2D eigenvalue weighted by Gasteiger charge is 1.99. The summed E-state index contributed by atoms with van der Waals surface area (Å²) in [4.78, 5) is 0. The van der Waals surface area contributed by atoms with Crippen molar-refractivity contribution in [1.82, 2.24) is 5.32 Å². The van der Waals surface area contributed by atoms with Crippen LogP contribution in [-0.4, -0.2) is 26.0 Å². The van der Waals surface area contributed by atoms with E-state index in [0.717, 1.165) is 31.0 Å². The second-order valence-electron chi connectivity index (χ2n) is 4.27. The van der Waals surface area contributed by atoms with Gasteiger partial charge in [0.1, 0.15) is 5.75 Å². The van der Waals surface area contributed by atoms with E-state index in [1.807, 2.05) is 6.07 Å². The van der Waals surface area contributed by atoms with Crippen LogP contribution in [0.2, 0.25) is 0 Å². The first-order valence-corrected chi connectivity index (χ1v) is 6.85. The van der Waals surface area contributed by atoms with Crippen LogP contribution in [0.3, 0.4) is 0 Å². The molecule has 0 aromatic heterocycles. The number of hydrogen-bond donors (Lipinski definition) is 2. The van der Waals surface area contributed by atoms with Gasteiger partial charge in [0.2, 0.25) is 0 Å². The Hall–Kier alpha value is -1.19. The molecule has 3 heteroatoms. The van der Waals surface area contributed by atoms with E-state index < -0.39 is 0 Å². The molecule has 0 heterocycles. The van der Waals surface area contributed by atoms with Crippen LogP contribution in [0.4, 0.5) is 0 Å². The zero-order valence-corrected chi connectivity index (χ0v) is 11.5. The lowest BCUT2D eigenvalue weighted by Gasteiger charge is -2.06. The molecule has 0 fully saturated rings. The Kier molecular flexibility index (Phi) is 4.90. The SMILES string of the molecule is COc1ccc2cc(CCNCCS)ccc2c1. The van der Waals surface area contributed by atoms with Crippen molar-refractivity contribution in [2.75, 3.05) is 26.0 Å². The molecule has 0 atom stereocenters. The Morgan fingerprint density at radius 1 is 1.06 bits per heavy atom. The molecule has 2 aromatic carbocycles. The molecule has 0 unspecified atom stereocenters. The maximum atomic E-state index is 5.23. The van der Waals surface area contributed by atoms with Crippen molar-refractivity contribution in [3.63, 3.8) is 0 Å². The molecule has 96 valence electrons. The van der Waals surface area contributed by atoms with Gasteiger partial charge in [-0.25, -0.2) is 0 Å². The Morgan fingerprint density at radius 3 is 2.61 bits per heavy atom. The average molecular weight is 261 g/mol. The van der Waals surface area contributed by atoms with Gasteiger partial charge in [-0.2, -0.15) is 12.6 Å². The van der Waals surface area contributed by atoms with Gasteiger partial charge in [0.15, 0.2) is 0 Å². The molecule has 2 aromatic rings. The molecule has 0 radical (unpaired) electrons.